The summed E-state index contributed by atoms with van der Waals surface area (Å²) in [7, 11) is -3.75. The van der Waals surface area contributed by atoms with Crippen LogP contribution in [0.4, 0.5) is 5.95 Å². The number of ether oxygens (including phenoxy) is 1. The summed E-state index contributed by atoms with van der Waals surface area (Å²) in [5.74, 6) is -0.731. The summed E-state index contributed by atoms with van der Waals surface area (Å²) in [5.41, 5.74) is 0. The summed E-state index contributed by atoms with van der Waals surface area (Å²) in [6.45, 7) is 2.49. The van der Waals surface area contributed by atoms with Gasteiger partial charge in [-0.05, 0) is 19.8 Å². The number of rotatable bonds is 5. The van der Waals surface area contributed by atoms with Gasteiger partial charge in [-0.2, -0.15) is 22.8 Å². The number of carbonyl (C=O) groups excluding carboxylic acids is 1. The van der Waals surface area contributed by atoms with Crippen molar-refractivity contribution in [1.82, 2.24) is 19.5 Å². The maximum Gasteiger partial charge on any atom is 0.310 e. The predicted molar refractivity (Wildman–Crippen MR) is 69.9 cm³/mol. The van der Waals surface area contributed by atoms with Crippen LogP contribution in [0.15, 0.2) is 6.33 Å². The maximum absolute atomic E-state index is 12.2. The molecule has 0 saturated carbocycles. The van der Waals surface area contributed by atoms with Gasteiger partial charge in [-0.25, -0.2) is 9.82 Å². The van der Waals surface area contributed by atoms with E-state index in [4.69, 9.17) is 4.74 Å². The average molecular weight is 303 g/mol. The number of H-pyrrole nitrogens is 1. The number of nitrogens with zero attached hydrogens (tertiary/aromatic N) is 3. The van der Waals surface area contributed by atoms with Crippen LogP contribution in [0.25, 0.3) is 0 Å². The lowest BCUT2D eigenvalue weighted by Gasteiger charge is -2.30. The second-order valence-electron chi connectivity index (χ2n) is 4.39. The van der Waals surface area contributed by atoms with Gasteiger partial charge in [0.2, 0.25) is 5.95 Å². The third-order valence-electron chi connectivity index (χ3n) is 2.98. The first-order chi connectivity index (χ1) is 9.53. The van der Waals surface area contributed by atoms with Gasteiger partial charge in [-0.3, -0.25) is 4.79 Å². The second kappa shape index (κ2) is 6.18. The standard InChI is InChI=1S/C10H17N5O4S/c1-2-19-9(16)8-4-3-5-15(6-8)20(17,18)14-10-11-7-12-13-10/h7-8H,2-6H2,1H3,(H2,11,12,13,14). The number of esters is 1. The van der Waals surface area contributed by atoms with Crippen molar-refractivity contribution in [3.63, 3.8) is 0 Å². The van der Waals surface area contributed by atoms with Gasteiger partial charge in [-0.15, -0.1) is 0 Å². The molecule has 20 heavy (non-hydrogen) atoms. The first-order valence-corrected chi connectivity index (χ1v) is 7.77. The van der Waals surface area contributed by atoms with Gasteiger partial charge in [0, 0.05) is 13.1 Å². The lowest BCUT2D eigenvalue weighted by atomic mass is 10.0. The summed E-state index contributed by atoms with van der Waals surface area (Å²) in [6.07, 6.45) is 2.45. The highest BCUT2D eigenvalue weighted by Gasteiger charge is 2.33. The number of hydrogen-bond acceptors (Lipinski definition) is 6. The van der Waals surface area contributed by atoms with E-state index in [9.17, 15) is 13.2 Å². The molecule has 9 nitrogen and oxygen atoms in total. The van der Waals surface area contributed by atoms with Gasteiger partial charge < -0.3 is 4.74 Å². The average Bonchev–Trinajstić information content (AvgIpc) is 2.91. The van der Waals surface area contributed by atoms with E-state index in [-0.39, 0.29) is 18.5 Å². The van der Waals surface area contributed by atoms with Crippen molar-refractivity contribution in [3.8, 4) is 0 Å². The molecule has 1 fully saturated rings. The summed E-state index contributed by atoms with van der Waals surface area (Å²) in [5, 5.41) is 5.98. The van der Waals surface area contributed by atoms with E-state index in [0.29, 0.717) is 26.0 Å². The quantitative estimate of drug-likeness (QED) is 0.723. The van der Waals surface area contributed by atoms with Crippen LogP contribution in [-0.4, -0.2) is 53.6 Å². The zero-order chi connectivity index (χ0) is 14.6. The molecule has 1 aromatic heterocycles. The van der Waals surface area contributed by atoms with E-state index >= 15 is 0 Å². The summed E-state index contributed by atoms with van der Waals surface area (Å²) < 4.78 is 32.7. The van der Waals surface area contributed by atoms with E-state index in [1.807, 2.05) is 0 Å². The number of aromatic amines is 1. The highest BCUT2D eigenvalue weighted by Crippen LogP contribution is 2.20. The zero-order valence-electron chi connectivity index (χ0n) is 11.1. The molecule has 1 aromatic rings. The van der Waals surface area contributed by atoms with Crippen LogP contribution in [0.3, 0.4) is 0 Å². The van der Waals surface area contributed by atoms with Crippen LogP contribution in [0.1, 0.15) is 19.8 Å². The SMILES string of the molecule is CCOC(=O)C1CCCN(S(=O)(=O)Nc2ncn[nH]2)C1. The van der Waals surface area contributed by atoms with Gasteiger partial charge in [0.15, 0.2) is 0 Å². The van der Waals surface area contributed by atoms with E-state index in [0.717, 1.165) is 0 Å². The van der Waals surface area contributed by atoms with Crippen molar-refractivity contribution >= 4 is 22.1 Å². The Hall–Kier alpha value is -1.68. The number of aromatic nitrogens is 3. The molecule has 0 spiro atoms. The molecule has 2 rings (SSSR count). The molecule has 2 heterocycles. The molecule has 1 aliphatic rings. The lowest BCUT2D eigenvalue weighted by Crippen LogP contribution is -2.45. The molecule has 0 aliphatic carbocycles. The fraction of sp³-hybridized carbons (Fsp3) is 0.700. The van der Waals surface area contributed by atoms with Crippen LogP contribution < -0.4 is 4.72 Å². The summed E-state index contributed by atoms with van der Waals surface area (Å²) in [4.78, 5) is 15.4. The molecule has 0 amide bonds. The van der Waals surface area contributed by atoms with Crippen LogP contribution in [-0.2, 0) is 19.7 Å². The number of nitrogens with one attached hydrogen (secondary N) is 2. The van der Waals surface area contributed by atoms with Crippen molar-refractivity contribution in [2.45, 2.75) is 19.8 Å². The number of carbonyl (C=O) groups is 1. The fourth-order valence-corrected chi connectivity index (χ4v) is 3.27. The predicted octanol–water partition coefficient (Wildman–Crippen LogP) is -0.263. The number of anilines is 1. The van der Waals surface area contributed by atoms with Gasteiger partial charge in [-0.1, -0.05) is 0 Å². The minimum atomic E-state index is -3.75. The monoisotopic (exact) mass is 303 g/mol. The third-order valence-corrected chi connectivity index (χ3v) is 4.45. The molecule has 10 heteroatoms. The lowest BCUT2D eigenvalue weighted by molar-refractivity contribution is -0.149. The number of hydrogen-bond donors (Lipinski definition) is 2. The Labute approximate surface area is 116 Å². The topological polar surface area (TPSA) is 117 Å². The van der Waals surface area contributed by atoms with E-state index in [1.165, 1.54) is 10.6 Å². The minimum absolute atomic E-state index is 0.0447. The molecule has 1 unspecified atom stereocenters. The second-order valence-corrected chi connectivity index (χ2v) is 6.06. The van der Waals surface area contributed by atoms with Crippen molar-refractivity contribution in [1.29, 1.82) is 0 Å². The Kier molecular flexibility index (Phi) is 4.55. The van der Waals surface area contributed by atoms with Gasteiger partial charge in [0.1, 0.15) is 6.33 Å². The van der Waals surface area contributed by atoms with Gasteiger partial charge in [0.05, 0.1) is 12.5 Å². The molecule has 1 aliphatic heterocycles. The molecule has 0 aromatic carbocycles. The Balaban J connectivity index is 2.02. The molecular formula is C10H17N5O4S. The van der Waals surface area contributed by atoms with Crippen LogP contribution in [0.5, 0.6) is 0 Å². The first kappa shape index (κ1) is 14.7. The van der Waals surface area contributed by atoms with Gasteiger partial charge >= 0.3 is 16.2 Å². The maximum atomic E-state index is 12.2. The van der Waals surface area contributed by atoms with Crippen LogP contribution >= 0.6 is 0 Å². The summed E-state index contributed by atoms with van der Waals surface area (Å²) >= 11 is 0. The minimum Gasteiger partial charge on any atom is -0.466 e. The van der Waals surface area contributed by atoms with Crippen molar-refractivity contribution in [2.75, 3.05) is 24.4 Å². The zero-order valence-corrected chi connectivity index (χ0v) is 11.9. The van der Waals surface area contributed by atoms with Crippen molar-refractivity contribution < 1.29 is 17.9 Å². The van der Waals surface area contributed by atoms with Crippen LogP contribution in [0, 0.1) is 5.92 Å². The Morgan fingerprint density at radius 3 is 3.10 bits per heavy atom. The van der Waals surface area contributed by atoms with Crippen molar-refractivity contribution in [2.24, 2.45) is 5.92 Å². The molecule has 0 radical (unpaired) electrons. The Bertz CT molecular complexity index is 544. The molecule has 1 atom stereocenters. The third kappa shape index (κ3) is 3.45. The van der Waals surface area contributed by atoms with E-state index in [1.54, 1.807) is 6.92 Å². The normalized spacial score (nSPS) is 20.6. The first-order valence-electron chi connectivity index (χ1n) is 6.33. The van der Waals surface area contributed by atoms with Gasteiger partial charge in [0.25, 0.3) is 0 Å². The molecular weight excluding hydrogens is 286 g/mol. The smallest absolute Gasteiger partial charge is 0.310 e. The highest BCUT2D eigenvalue weighted by molar-refractivity contribution is 7.90. The number of piperidine rings is 1. The largest absolute Gasteiger partial charge is 0.466 e. The van der Waals surface area contributed by atoms with Crippen molar-refractivity contribution in [3.05, 3.63) is 6.33 Å². The molecule has 0 bridgehead atoms. The van der Waals surface area contributed by atoms with Crippen LogP contribution in [0.2, 0.25) is 0 Å². The summed E-state index contributed by atoms with van der Waals surface area (Å²) in [6, 6.07) is 0. The van der Waals surface area contributed by atoms with E-state index < -0.39 is 16.1 Å². The Morgan fingerprint density at radius 1 is 1.65 bits per heavy atom. The molecule has 112 valence electrons. The highest BCUT2D eigenvalue weighted by atomic mass is 32.2. The fourth-order valence-electron chi connectivity index (χ4n) is 2.05. The molecule has 1 saturated heterocycles. The van der Waals surface area contributed by atoms with E-state index in [2.05, 4.69) is 19.9 Å². The molecule has 2 N–H and O–H groups in total. The Morgan fingerprint density at radius 2 is 2.45 bits per heavy atom.